The zero-order chi connectivity index (χ0) is 19.7. The van der Waals surface area contributed by atoms with Gasteiger partial charge in [-0.2, -0.15) is 0 Å². The SMILES string of the molecule is O=C1Nc2cc(Cl)ccc2Oc2ccc(NS(=O)(=O)Cc3ccccc3)cc21. The molecule has 3 aromatic rings. The summed E-state index contributed by atoms with van der Waals surface area (Å²) in [7, 11) is -3.64. The van der Waals surface area contributed by atoms with E-state index in [1.165, 1.54) is 6.07 Å². The van der Waals surface area contributed by atoms with Crippen LogP contribution in [0.2, 0.25) is 5.02 Å². The summed E-state index contributed by atoms with van der Waals surface area (Å²) in [6.07, 6.45) is 0. The molecule has 0 saturated heterocycles. The second-order valence-corrected chi connectivity index (χ2v) is 8.41. The summed E-state index contributed by atoms with van der Waals surface area (Å²) in [6, 6.07) is 18.3. The van der Waals surface area contributed by atoms with Crippen molar-refractivity contribution in [3.8, 4) is 11.5 Å². The minimum absolute atomic E-state index is 0.169. The topological polar surface area (TPSA) is 84.5 Å². The van der Waals surface area contributed by atoms with Gasteiger partial charge < -0.3 is 10.1 Å². The van der Waals surface area contributed by atoms with Crippen LogP contribution in [-0.2, 0) is 15.8 Å². The molecule has 0 bridgehead atoms. The Morgan fingerprint density at radius 3 is 2.50 bits per heavy atom. The number of halogens is 1. The van der Waals surface area contributed by atoms with Crippen molar-refractivity contribution in [1.29, 1.82) is 0 Å². The van der Waals surface area contributed by atoms with E-state index in [2.05, 4.69) is 10.0 Å². The number of nitrogens with one attached hydrogen (secondary N) is 2. The van der Waals surface area contributed by atoms with Crippen molar-refractivity contribution in [2.75, 3.05) is 10.0 Å². The Bertz CT molecular complexity index is 1160. The van der Waals surface area contributed by atoms with Gasteiger partial charge in [-0.25, -0.2) is 8.42 Å². The molecule has 1 amide bonds. The molecule has 2 N–H and O–H groups in total. The Balaban J connectivity index is 1.60. The van der Waals surface area contributed by atoms with Crippen molar-refractivity contribution < 1.29 is 17.9 Å². The van der Waals surface area contributed by atoms with Gasteiger partial charge in [0.25, 0.3) is 5.91 Å². The molecular weight excluding hydrogens is 400 g/mol. The third-order valence-electron chi connectivity index (χ3n) is 4.11. The highest BCUT2D eigenvalue weighted by atomic mass is 35.5. The number of benzene rings is 3. The number of carbonyl (C=O) groups excluding carboxylic acids is 1. The Hall–Kier alpha value is -3.03. The molecule has 6 nitrogen and oxygen atoms in total. The van der Waals surface area contributed by atoms with E-state index in [-0.39, 0.29) is 17.0 Å². The smallest absolute Gasteiger partial charge is 0.259 e. The molecule has 0 atom stereocenters. The van der Waals surface area contributed by atoms with Crippen molar-refractivity contribution in [2.45, 2.75) is 5.75 Å². The first kappa shape index (κ1) is 18.3. The average molecular weight is 415 g/mol. The van der Waals surface area contributed by atoms with E-state index in [0.717, 1.165) is 0 Å². The van der Waals surface area contributed by atoms with E-state index < -0.39 is 15.9 Å². The lowest BCUT2D eigenvalue weighted by molar-refractivity contribution is 0.102. The summed E-state index contributed by atoms with van der Waals surface area (Å²) in [5, 5.41) is 3.18. The normalized spacial score (nSPS) is 12.8. The molecule has 0 saturated carbocycles. The number of carbonyl (C=O) groups is 1. The maximum atomic E-state index is 12.6. The summed E-state index contributed by atoms with van der Waals surface area (Å²) in [5.74, 6) is 0.191. The first-order chi connectivity index (χ1) is 13.4. The summed E-state index contributed by atoms with van der Waals surface area (Å²) in [6.45, 7) is 0. The molecule has 4 rings (SSSR count). The maximum Gasteiger partial charge on any atom is 0.259 e. The van der Waals surface area contributed by atoms with Gasteiger partial charge in [0.1, 0.15) is 5.75 Å². The lowest BCUT2D eigenvalue weighted by Gasteiger charge is -2.11. The summed E-state index contributed by atoms with van der Waals surface area (Å²) in [4.78, 5) is 12.6. The molecule has 0 unspecified atom stereocenters. The number of sulfonamides is 1. The summed E-state index contributed by atoms with van der Waals surface area (Å²) in [5.41, 5.74) is 1.60. The van der Waals surface area contributed by atoms with E-state index >= 15 is 0 Å². The van der Waals surface area contributed by atoms with Gasteiger partial charge in [0.2, 0.25) is 10.0 Å². The third-order valence-corrected chi connectivity index (χ3v) is 5.60. The van der Waals surface area contributed by atoms with E-state index in [0.29, 0.717) is 27.8 Å². The van der Waals surface area contributed by atoms with Gasteiger partial charge in [0, 0.05) is 10.7 Å². The summed E-state index contributed by atoms with van der Waals surface area (Å²) < 4.78 is 33.2. The van der Waals surface area contributed by atoms with Crippen LogP contribution < -0.4 is 14.8 Å². The van der Waals surface area contributed by atoms with Gasteiger partial charge in [-0.05, 0) is 42.0 Å². The van der Waals surface area contributed by atoms with Crippen LogP contribution in [0.5, 0.6) is 11.5 Å². The second kappa shape index (κ2) is 7.18. The van der Waals surface area contributed by atoms with Crippen LogP contribution in [0.1, 0.15) is 15.9 Å². The van der Waals surface area contributed by atoms with Gasteiger partial charge in [0.15, 0.2) is 5.75 Å². The van der Waals surface area contributed by atoms with Crippen molar-refractivity contribution in [2.24, 2.45) is 0 Å². The Morgan fingerprint density at radius 2 is 1.71 bits per heavy atom. The number of fused-ring (bicyclic) bond motifs is 2. The van der Waals surface area contributed by atoms with Crippen molar-refractivity contribution in [3.63, 3.8) is 0 Å². The van der Waals surface area contributed by atoms with Gasteiger partial charge in [-0.15, -0.1) is 0 Å². The van der Waals surface area contributed by atoms with E-state index in [1.807, 2.05) is 6.07 Å². The first-order valence-electron chi connectivity index (χ1n) is 8.37. The summed E-state index contributed by atoms with van der Waals surface area (Å²) >= 11 is 5.97. The minimum atomic E-state index is -3.64. The van der Waals surface area contributed by atoms with Gasteiger partial charge in [0.05, 0.1) is 17.0 Å². The largest absolute Gasteiger partial charge is 0.454 e. The van der Waals surface area contributed by atoms with Crippen molar-refractivity contribution in [3.05, 3.63) is 82.9 Å². The number of ether oxygens (including phenoxy) is 1. The zero-order valence-corrected chi connectivity index (χ0v) is 16.0. The van der Waals surface area contributed by atoms with Crippen LogP contribution in [0, 0.1) is 0 Å². The van der Waals surface area contributed by atoms with E-state index in [9.17, 15) is 13.2 Å². The molecule has 28 heavy (non-hydrogen) atoms. The highest BCUT2D eigenvalue weighted by Gasteiger charge is 2.22. The molecule has 0 fully saturated rings. The molecule has 0 radical (unpaired) electrons. The van der Waals surface area contributed by atoms with Crippen LogP contribution in [0.3, 0.4) is 0 Å². The standard InChI is InChI=1S/C20H15ClN2O4S/c21-14-6-8-19-17(10-14)22-20(24)16-11-15(7-9-18(16)27-19)23-28(25,26)12-13-4-2-1-3-5-13/h1-11,23H,12H2,(H,22,24). The second-order valence-electron chi connectivity index (χ2n) is 6.25. The molecule has 3 aromatic carbocycles. The number of hydrogen-bond donors (Lipinski definition) is 2. The molecule has 1 aliphatic heterocycles. The maximum absolute atomic E-state index is 12.6. The number of hydrogen-bond acceptors (Lipinski definition) is 4. The zero-order valence-electron chi connectivity index (χ0n) is 14.5. The molecule has 0 aliphatic carbocycles. The van der Waals surface area contributed by atoms with Crippen LogP contribution >= 0.6 is 11.6 Å². The number of anilines is 2. The van der Waals surface area contributed by atoms with E-state index in [1.54, 1.807) is 54.6 Å². The Labute approximate surface area is 167 Å². The molecule has 0 spiro atoms. The highest BCUT2D eigenvalue weighted by molar-refractivity contribution is 7.91. The monoisotopic (exact) mass is 414 g/mol. The van der Waals surface area contributed by atoms with Crippen LogP contribution in [0.4, 0.5) is 11.4 Å². The molecule has 1 heterocycles. The quantitative estimate of drug-likeness (QED) is 0.651. The molecular formula is C20H15ClN2O4S. The fourth-order valence-electron chi connectivity index (χ4n) is 2.87. The lowest BCUT2D eigenvalue weighted by atomic mass is 10.1. The lowest BCUT2D eigenvalue weighted by Crippen LogP contribution is -2.16. The van der Waals surface area contributed by atoms with Crippen molar-refractivity contribution >= 4 is 38.9 Å². The third kappa shape index (κ3) is 3.95. The van der Waals surface area contributed by atoms with Crippen LogP contribution in [-0.4, -0.2) is 14.3 Å². The Kier molecular flexibility index (Phi) is 4.70. The molecule has 142 valence electrons. The fourth-order valence-corrected chi connectivity index (χ4v) is 4.23. The fraction of sp³-hybridized carbons (Fsp3) is 0.0500. The van der Waals surface area contributed by atoms with Gasteiger partial charge in [-0.1, -0.05) is 41.9 Å². The average Bonchev–Trinajstić information content (AvgIpc) is 2.77. The van der Waals surface area contributed by atoms with Crippen molar-refractivity contribution in [1.82, 2.24) is 0 Å². The predicted octanol–water partition coefficient (Wildman–Crippen LogP) is 4.64. The minimum Gasteiger partial charge on any atom is -0.454 e. The highest BCUT2D eigenvalue weighted by Crippen LogP contribution is 2.38. The first-order valence-corrected chi connectivity index (χ1v) is 10.4. The number of rotatable bonds is 4. The molecule has 1 aliphatic rings. The Morgan fingerprint density at radius 1 is 0.964 bits per heavy atom. The van der Waals surface area contributed by atoms with E-state index in [4.69, 9.17) is 16.3 Å². The van der Waals surface area contributed by atoms with Crippen LogP contribution in [0.15, 0.2) is 66.7 Å². The van der Waals surface area contributed by atoms with Gasteiger partial charge >= 0.3 is 0 Å². The molecule has 8 heteroatoms. The van der Waals surface area contributed by atoms with Crippen LogP contribution in [0.25, 0.3) is 0 Å². The number of amides is 1. The molecule has 0 aromatic heterocycles. The predicted molar refractivity (Wildman–Crippen MR) is 109 cm³/mol. The van der Waals surface area contributed by atoms with Gasteiger partial charge in [-0.3, -0.25) is 9.52 Å².